The van der Waals surface area contributed by atoms with E-state index >= 15 is 0 Å². The van der Waals surface area contributed by atoms with E-state index in [1.165, 1.54) is 0 Å². The minimum absolute atomic E-state index is 0.0559. The van der Waals surface area contributed by atoms with E-state index in [0.717, 1.165) is 6.42 Å². The first-order valence-electron chi connectivity index (χ1n) is 6.87. The van der Waals surface area contributed by atoms with Gasteiger partial charge in [0.25, 0.3) is 0 Å². The smallest absolute Gasteiger partial charge is 0.234 e. The summed E-state index contributed by atoms with van der Waals surface area (Å²) in [5.74, 6) is -0.278. The number of carbonyl (C=O) groups is 1. The summed E-state index contributed by atoms with van der Waals surface area (Å²) in [6.45, 7) is 1.99. The van der Waals surface area contributed by atoms with Crippen LogP contribution in [0.5, 0.6) is 0 Å². The molecule has 0 aromatic carbocycles. The highest BCUT2D eigenvalue weighted by Crippen LogP contribution is 2.31. The van der Waals surface area contributed by atoms with E-state index in [4.69, 9.17) is 15.7 Å². The van der Waals surface area contributed by atoms with Gasteiger partial charge in [0, 0.05) is 32.5 Å². The number of hydrogen-bond donors (Lipinski definition) is 3. The Hall–Kier alpha value is -2.16. The van der Waals surface area contributed by atoms with E-state index in [1.807, 2.05) is 0 Å². The van der Waals surface area contributed by atoms with Gasteiger partial charge in [-0.25, -0.2) is 0 Å². The maximum absolute atomic E-state index is 12.4. The Labute approximate surface area is 122 Å². The number of ether oxygens (including phenoxy) is 1. The molecule has 0 unspecified atom stereocenters. The molecule has 21 heavy (non-hydrogen) atoms. The molecular weight excluding hydrogens is 276 g/mol. The monoisotopic (exact) mass is 296 g/mol. The Morgan fingerprint density at radius 1 is 1.52 bits per heavy atom. The second-order valence-corrected chi connectivity index (χ2v) is 4.96. The number of aryl methyl sites for hydroxylation is 1. The summed E-state index contributed by atoms with van der Waals surface area (Å²) in [4.78, 5) is 12.4. The lowest BCUT2D eigenvalue weighted by Crippen LogP contribution is -2.53. The van der Waals surface area contributed by atoms with Crippen molar-refractivity contribution in [2.45, 2.75) is 25.8 Å². The van der Waals surface area contributed by atoms with Crippen LogP contribution in [0.4, 0.5) is 0 Å². The number of aromatic nitrogens is 3. The normalized spacial score (nSPS) is 18.4. The molecule has 9 nitrogen and oxygen atoms in total. The molecule has 1 aromatic heterocycles. The lowest BCUT2D eigenvalue weighted by molar-refractivity contribution is -0.131. The number of nitrogens with one attached hydrogen (secondary N) is 1. The molecule has 2 heterocycles. The third kappa shape index (κ3) is 3.48. The molecule has 0 aliphatic carbocycles. The predicted molar refractivity (Wildman–Crippen MR) is 73.5 cm³/mol. The largest absolute Gasteiger partial charge is 0.409 e. The Kier molecular flexibility index (Phi) is 5.09. The molecule has 116 valence electrons. The van der Waals surface area contributed by atoms with E-state index in [2.05, 4.69) is 20.8 Å². The summed E-state index contributed by atoms with van der Waals surface area (Å²) < 4.78 is 6.95. The summed E-state index contributed by atoms with van der Waals surface area (Å²) in [5, 5.41) is 22.3. The van der Waals surface area contributed by atoms with Gasteiger partial charge in [0.1, 0.15) is 5.41 Å². The second-order valence-electron chi connectivity index (χ2n) is 4.96. The van der Waals surface area contributed by atoms with Gasteiger partial charge in [0.2, 0.25) is 5.91 Å². The first-order valence-corrected chi connectivity index (χ1v) is 6.87. The minimum Gasteiger partial charge on any atom is -0.409 e. The molecule has 4 N–H and O–H groups in total. The Morgan fingerprint density at radius 3 is 2.90 bits per heavy atom. The number of amides is 1. The summed E-state index contributed by atoms with van der Waals surface area (Å²) in [6.07, 6.45) is 4.92. The molecule has 1 aliphatic rings. The number of rotatable bonds is 6. The standard InChI is InChI=1S/C12H20N6O3/c13-10(16-20)12(2-8-21-9-3-12)11(19)14-4-1-6-18-7-5-15-17-18/h5,7,20H,1-4,6,8-9H2,(H2,13,16)(H,14,19). The zero-order chi connectivity index (χ0) is 15.1. The lowest BCUT2D eigenvalue weighted by atomic mass is 9.78. The summed E-state index contributed by atoms with van der Waals surface area (Å²) in [7, 11) is 0. The van der Waals surface area contributed by atoms with E-state index in [9.17, 15) is 4.79 Å². The quantitative estimate of drug-likeness (QED) is 0.210. The van der Waals surface area contributed by atoms with Crippen LogP contribution in [0, 0.1) is 5.41 Å². The van der Waals surface area contributed by atoms with Crippen LogP contribution in [0.25, 0.3) is 0 Å². The number of carbonyl (C=O) groups excluding carboxylic acids is 1. The van der Waals surface area contributed by atoms with Crippen molar-refractivity contribution in [3.8, 4) is 0 Å². The molecule has 1 saturated heterocycles. The van der Waals surface area contributed by atoms with Gasteiger partial charge in [-0.2, -0.15) is 0 Å². The fraction of sp³-hybridized carbons (Fsp3) is 0.667. The first kappa shape index (κ1) is 15.2. The molecule has 1 aromatic rings. The third-order valence-corrected chi connectivity index (χ3v) is 3.70. The molecular formula is C12H20N6O3. The van der Waals surface area contributed by atoms with Crippen molar-refractivity contribution in [2.75, 3.05) is 19.8 Å². The van der Waals surface area contributed by atoms with Gasteiger partial charge in [0.15, 0.2) is 5.84 Å². The molecule has 2 rings (SSSR count). The van der Waals surface area contributed by atoms with Gasteiger partial charge >= 0.3 is 0 Å². The highest BCUT2D eigenvalue weighted by Gasteiger charge is 2.44. The average Bonchev–Trinajstić information content (AvgIpc) is 3.04. The summed E-state index contributed by atoms with van der Waals surface area (Å²) >= 11 is 0. The zero-order valence-corrected chi connectivity index (χ0v) is 11.7. The maximum atomic E-state index is 12.4. The highest BCUT2D eigenvalue weighted by molar-refractivity contribution is 6.06. The minimum atomic E-state index is -0.972. The SMILES string of the molecule is N/C(=N/O)C1(C(=O)NCCCn2ccnn2)CCOCC1. The van der Waals surface area contributed by atoms with Crippen LogP contribution < -0.4 is 11.1 Å². The van der Waals surface area contributed by atoms with Crippen LogP contribution in [-0.2, 0) is 16.1 Å². The average molecular weight is 296 g/mol. The van der Waals surface area contributed by atoms with Crippen LogP contribution >= 0.6 is 0 Å². The van der Waals surface area contributed by atoms with Gasteiger partial charge in [-0.3, -0.25) is 9.48 Å². The molecule has 0 spiro atoms. The van der Waals surface area contributed by atoms with E-state index in [-0.39, 0.29) is 11.7 Å². The van der Waals surface area contributed by atoms with Crippen LogP contribution in [0.15, 0.2) is 17.5 Å². The maximum Gasteiger partial charge on any atom is 0.234 e. The fourth-order valence-corrected chi connectivity index (χ4v) is 2.38. The van der Waals surface area contributed by atoms with Crippen molar-refractivity contribution in [1.82, 2.24) is 20.3 Å². The number of nitrogens with two attached hydrogens (primary N) is 1. The molecule has 1 amide bonds. The van der Waals surface area contributed by atoms with Crippen molar-refractivity contribution in [3.63, 3.8) is 0 Å². The Bertz CT molecular complexity index is 481. The van der Waals surface area contributed by atoms with Gasteiger partial charge in [-0.15, -0.1) is 5.10 Å². The number of nitrogens with zero attached hydrogens (tertiary/aromatic N) is 4. The molecule has 0 atom stereocenters. The van der Waals surface area contributed by atoms with Gasteiger partial charge in [-0.05, 0) is 19.3 Å². The predicted octanol–water partition coefficient (Wildman–Crippen LogP) is -0.672. The third-order valence-electron chi connectivity index (χ3n) is 3.70. The molecule has 0 radical (unpaired) electrons. The van der Waals surface area contributed by atoms with Crippen molar-refractivity contribution < 1.29 is 14.7 Å². The lowest BCUT2D eigenvalue weighted by Gasteiger charge is -2.34. The number of oxime groups is 1. The summed E-state index contributed by atoms with van der Waals surface area (Å²) in [6, 6.07) is 0. The van der Waals surface area contributed by atoms with Crippen molar-refractivity contribution in [1.29, 1.82) is 0 Å². The van der Waals surface area contributed by atoms with Gasteiger partial charge in [0.05, 0.1) is 6.20 Å². The summed E-state index contributed by atoms with van der Waals surface area (Å²) in [5.41, 5.74) is 4.75. The Morgan fingerprint density at radius 2 is 2.29 bits per heavy atom. The fourth-order valence-electron chi connectivity index (χ4n) is 2.38. The second kappa shape index (κ2) is 7.02. The van der Waals surface area contributed by atoms with Crippen molar-refractivity contribution >= 4 is 11.7 Å². The molecule has 1 fully saturated rings. The van der Waals surface area contributed by atoms with Crippen molar-refractivity contribution in [2.24, 2.45) is 16.3 Å². The van der Waals surface area contributed by atoms with Gasteiger partial charge < -0.3 is 21.0 Å². The molecule has 1 aliphatic heterocycles. The van der Waals surface area contributed by atoms with Crippen LogP contribution in [0.2, 0.25) is 0 Å². The number of hydrogen-bond acceptors (Lipinski definition) is 6. The Balaban J connectivity index is 1.87. The van der Waals surface area contributed by atoms with Crippen LogP contribution in [0.1, 0.15) is 19.3 Å². The highest BCUT2D eigenvalue weighted by atomic mass is 16.5. The molecule has 9 heteroatoms. The van der Waals surface area contributed by atoms with E-state index in [0.29, 0.717) is 39.1 Å². The zero-order valence-electron chi connectivity index (χ0n) is 11.7. The van der Waals surface area contributed by atoms with Crippen molar-refractivity contribution in [3.05, 3.63) is 12.4 Å². The van der Waals surface area contributed by atoms with E-state index in [1.54, 1.807) is 17.1 Å². The first-order chi connectivity index (χ1) is 10.2. The topological polar surface area (TPSA) is 128 Å². The van der Waals surface area contributed by atoms with Crippen LogP contribution in [-0.4, -0.2) is 51.7 Å². The van der Waals surface area contributed by atoms with E-state index < -0.39 is 5.41 Å². The molecule has 0 bridgehead atoms. The van der Waals surface area contributed by atoms with Gasteiger partial charge in [-0.1, -0.05) is 10.4 Å². The number of amidine groups is 1. The molecule has 0 saturated carbocycles. The van der Waals surface area contributed by atoms with Crippen LogP contribution in [0.3, 0.4) is 0 Å².